The van der Waals surface area contributed by atoms with Gasteiger partial charge in [-0.15, -0.1) is 10.2 Å². The predicted molar refractivity (Wildman–Crippen MR) is 83.2 cm³/mol. The maximum Gasteiger partial charge on any atom is 0.271 e. The van der Waals surface area contributed by atoms with Gasteiger partial charge in [0.25, 0.3) is 5.91 Å². The first-order chi connectivity index (χ1) is 9.74. The number of carbonyl (C=O) groups excluding carboxylic acids is 1. The van der Waals surface area contributed by atoms with Crippen LogP contribution in [-0.2, 0) is 0 Å². The van der Waals surface area contributed by atoms with Gasteiger partial charge in [-0.25, -0.2) is 0 Å². The number of carbonyl (C=O) groups is 1. The Kier molecular flexibility index (Phi) is 5.64. The second kappa shape index (κ2) is 7.47. The van der Waals surface area contributed by atoms with E-state index < -0.39 is 0 Å². The molecule has 0 aliphatic heterocycles. The number of aromatic nitrogens is 2. The third-order valence-electron chi connectivity index (χ3n) is 3.54. The van der Waals surface area contributed by atoms with Crippen molar-refractivity contribution in [3.8, 4) is 0 Å². The third kappa shape index (κ3) is 3.85. The smallest absolute Gasteiger partial charge is 0.271 e. The fourth-order valence-corrected chi connectivity index (χ4v) is 3.72. The summed E-state index contributed by atoms with van der Waals surface area (Å²) in [5.41, 5.74) is 0.348. The Bertz CT molecular complexity index is 435. The zero-order valence-corrected chi connectivity index (χ0v) is 12.9. The van der Waals surface area contributed by atoms with Crippen LogP contribution in [0.5, 0.6) is 0 Å². The van der Waals surface area contributed by atoms with Crippen molar-refractivity contribution in [3.63, 3.8) is 0 Å². The molecule has 1 aromatic heterocycles. The summed E-state index contributed by atoms with van der Waals surface area (Å²) in [4.78, 5) is 11.4. The zero-order valence-electron chi connectivity index (χ0n) is 12.1. The topological polar surface area (TPSA) is 66.9 Å². The lowest BCUT2D eigenvalue weighted by Crippen LogP contribution is -2.35. The van der Waals surface area contributed by atoms with E-state index >= 15 is 0 Å². The molecule has 2 atom stereocenters. The van der Waals surface area contributed by atoms with Gasteiger partial charge in [-0.1, -0.05) is 19.8 Å². The molecule has 0 bridgehead atoms. The standard InChI is InChI=1S/C14H22N4OS/c1-3-20-12-7-5-4-6-10(12)16-13-9-8-11(17-18-13)14(19)15-2/h8-10,12H,3-7H2,1-2H3,(H,15,19)(H,16,18). The molecule has 2 rings (SSSR count). The maximum absolute atomic E-state index is 11.4. The summed E-state index contributed by atoms with van der Waals surface area (Å²) in [7, 11) is 1.59. The molecule has 110 valence electrons. The van der Waals surface area contributed by atoms with Crippen LogP contribution in [0.15, 0.2) is 12.1 Å². The van der Waals surface area contributed by atoms with E-state index in [9.17, 15) is 4.79 Å². The molecule has 6 heteroatoms. The van der Waals surface area contributed by atoms with Crippen LogP contribution in [0.1, 0.15) is 43.1 Å². The van der Waals surface area contributed by atoms with Crippen molar-refractivity contribution >= 4 is 23.5 Å². The fraction of sp³-hybridized carbons (Fsp3) is 0.643. The Morgan fingerprint density at radius 2 is 2.15 bits per heavy atom. The summed E-state index contributed by atoms with van der Waals surface area (Å²) in [6.07, 6.45) is 5.02. The first kappa shape index (κ1) is 15.1. The molecule has 1 fully saturated rings. The minimum atomic E-state index is -0.207. The van der Waals surface area contributed by atoms with Gasteiger partial charge >= 0.3 is 0 Å². The van der Waals surface area contributed by atoms with Crippen LogP contribution in [0.2, 0.25) is 0 Å². The molecule has 0 spiro atoms. The number of nitrogens with zero attached hydrogens (tertiary/aromatic N) is 2. The van der Waals surface area contributed by atoms with E-state index in [1.54, 1.807) is 13.1 Å². The van der Waals surface area contributed by atoms with E-state index in [0.717, 1.165) is 11.6 Å². The summed E-state index contributed by atoms with van der Waals surface area (Å²) in [6.45, 7) is 2.20. The highest BCUT2D eigenvalue weighted by Gasteiger charge is 2.25. The summed E-state index contributed by atoms with van der Waals surface area (Å²) in [6, 6.07) is 3.99. The van der Waals surface area contributed by atoms with Crippen LogP contribution in [-0.4, -0.2) is 40.2 Å². The summed E-state index contributed by atoms with van der Waals surface area (Å²) in [5.74, 6) is 1.69. The number of hydrogen-bond acceptors (Lipinski definition) is 5. The summed E-state index contributed by atoms with van der Waals surface area (Å²) < 4.78 is 0. The molecule has 0 aromatic carbocycles. The van der Waals surface area contributed by atoms with E-state index in [4.69, 9.17) is 0 Å². The quantitative estimate of drug-likeness (QED) is 0.872. The lowest BCUT2D eigenvalue weighted by atomic mass is 9.95. The predicted octanol–water partition coefficient (Wildman–Crippen LogP) is 2.31. The Labute approximate surface area is 124 Å². The average Bonchev–Trinajstić information content (AvgIpc) is 2.49. The molecule has 1 saturated carbocycles. The molecule has 0 saturated heterocycles. The van der Waals surface area contributed by atoms with E-state index in [2.05, 4.69) is 27.8 Å². The molecule has 1 aliphatic rings. The highest BCUT2D eigenvalue weighted by atomic mass is 32.2. The van der Waals surface area contributed by atoms with E-state index in [-0.39, 0.29) is 5.91 Å². The molecule has 20 heavy (non-hydrogen) atoms. The first-order valence-electron chi connectivity index (χ1n) is 7.18. The number of hydrogen-bond donors (Lipinski definition) is 2. The molecule has 1 heterocycles. The van der Waals surface area contributed by atoms with Crippen LogP contribution in [0.3, 0.4) is 0 Å². The van der Waals surface area contributed by atoms with Crippen LogP contribution in [0, 0.1) is 0 Å². The second-order valence-electron chi connectivity index (χ2n) is 4.91. The minimum Gasteiger partial charge on any atom is -0.365 e. The van der Waals surface area contributed by atoms with Gasteiger partial charge in [0.15, 0.2) is 5.69 Å². The molecule has 2 unspecified atom stereocenters. The van der Waals surface area contributed by atoms with Gasteiger partial charge in [0, 0.05) is 18.3 Å². The maximum atomic E-state index is 11.4. The largest absolute Gasteiger partial charge is 0.365 e. The number of amides is 1. The molecule has 1 aliphatic carbocycles. The monoisotopic (exact) mass is 294 g/mol. The van der Waals surface area contributed by atoms with Gasteiger partial charge in [0.2, 0.25) is 0 Å². The Hall–Kier alpha value is -1.30. The Morgan fingerprint density at radius 3 is 2.80 bits per heavy atom. The van der Waals surface area contributed by atoms with Crippen LogP contribution >= 0.6 is 11.8 Å². The van der Waals surface area contributed by atoms with E-state index in [0.29, 0.717) is 17.0 Å². The molecule has 5 nitrogen and oxygen atoms in total. The number of thioether (sulfide) groups is 1. The van der Waals surface area contributed by atoms with Crippen LogP contribution < -0.4 is 10.6 Å². The van der Waals surface area contributed by atoms with Crippen molar-refractivity contribution in [2.24, 2.45) is 0 Å². The Balaban J connectivity index is 1.99. The molecule has 1 amide bonds. The highest BCUT2D eigenvalue weighted by Crippen LogP contribution is 2.30. The first-order valence-corrected chi connectivity index (χ1v) is 8.23. The zero-order chi connectivity index (χ0) is 14.4. The molecule has 1 aromatic rings. The summed E-state index contributed by atoms with van der Waals surface area (Å²) in [5, 5.41) is 14.7. The minimum absolute atomic E-state index is 0.207. The van der Waals surface area contributed by atoms with Gasteiger partial charge in [0.1, 0.15) is 5.82 Å². The Morgan fingerprint density at radius 1 is 1.35 bits per heavy atom. The summed E-state index contributed by atoms with van der Waals surface area (Å²) >= 11 is 2.02. The van der Waals surface area contributed by atoms with Gasteiger partial charge < -0.3 is 10.6 Å². The molecular formula is C14H22N4OS. The number of nitrogens with one attached hydrogen (secondary N) is 2. The lowest BCUT2D eigenvalue weighted by Gasteiger charge is -2.31. The average molecular weight is 294 g/mol. The van der Waals surface area contributed by atoms with Gasteiger partial charge in [-0.2, -0.15) is 11.8 Å². The van der Waals surface area contributed by atoms with Crippen molar-refractivity contribution in [1.29, 1.82) is 0 Å². The normalized spacial score (nSPS) is 22.3. The molecule has 2 N–H and O–H groups in total. The van der Waals surface area contributed by atoms with E-state index in [1.807, 2.05) is 17.8 Å². The van der Waals surface area contributed by atoms with Gasteiger partial charge in [-0.3, -0.25) is 4.79 Å². The van der Waals surface area contributed by atoms with Gasteiger partial charge in [-0.05, 0) is 30.7 Å². The number of rotatable bonds is 5. The highest BCUT2D eigenvalue weighted by molar-refractivity contribution is 7.99. The van der Waals surface area contributed by atoms with Gasteiger partial charge in [0.05, 0.1) is 0 Å². The third-order valence-corrected chi connectivity index (χ3v) is 4.87. The number of anilines is 1. The fourth-order valence-electron chi connectivity index (χ4n) is 2.52. The van der Waals surface area contributed by atoms with Crippen molar-refractivity contribution in [3.05, 3.63) is 17.8 Å². The second-order valence-corrected chi connectivity index (χ2v) is 6.43. The van der Waals surface area contributed by atoms with Crippen molar-refractivity contribution in [1.82, 2.24) is 15.5 Å². The lowest BCUT2D eigenvalue weighted by molar-refractivity contribution is 0.0957. The van der Waals surface area contributed by atoms with Crippen LogP contribution in [0.4, 0.5) is 5.82 Å². The molecular weight excluding hydrogens is 272 g/mol. The van der Waals surface area contributed by atoms with Crippen molar-refractivity contribution in [2.75, 3.05) is 18.1 Å². The van der Waals surface area contributed by atoms with Crippen molar-refractivity contribution < 1.29 is 4.79 Å². The molecule has 0 radical (unpaired) electrons. The van der Waals surface area contributed by atoms with Crippen LogP contribution in [0.25, 0.3) is 0 Å². The van der Waals surface area contributed by atoms with E-state index in [1.165, 1.54) is 25.7 Å². The SMILES string of the molecule is CCSC1CCCCC1Nc1ccc(C(=O)NC)nn1. The van der Waals surface area contributed by atoms with Crippen molar-refractivity contribution in [2.45, 2.75) is 43.9 Å².